The Hall–Kier alpha value is -1.87. The number of hydrogen-bond donors (Lipinski definition) is 1. The van der Waals surface area contributed by atoms with Gasteiger partial charge in [0.05, 0.1) is 11.4 Å². The van der Waals surface area contributed by atoms with Gasteiger partial charge in [-0.2, -0.15) is 5.10 Å². The molecule has 0 amide bonds. The van der Waals surface area contributed by atoms with Crippen LogP contribution in [0.25, 0.3) is 12.3 Å². The highest BCUT2D eigenvalue weighted by atomic mass is 15.3. The Morgan fingerprint density at radius 1 is 1.20 bits per heavy atom. The number of nitrogens with two attached hydrogens (primary N) is 1. The normalized spacial score (nSPS) is 12.2. The van der Waals surface area contributed by atoms with Crippen molar-refractivity contribution in [2.45, 2.75) is 39.7 Å². The molecule has 0 saturated carbocycles. The summed E-state index contributed by atoms with van der Waals surface area (Å²) in [7, 11) is 0. The zero-order valence-corrected chi connectivity index (χ0v) is 12.7. The number of aryl methyl sites for hydroxylation is 1. The molecule has 0 atom stereocenters. The molecule has 0 aliphatic carbocycles. The van der Waals surface area contributed by atoms with Gasteiger partial charge in [-0.25, -0.2) is 4.68 Å². The van der Waals surface area contributed by atoms with Crippen molar-refractivity contribution in [3.8, 4) is 0 Å². The van der Waals surface area contributed by atoms with Crippen LogP contribution < -0.4 is 5.73 Å². The van der Waals surface area contributed by atoms with Gasteiger partial charge >= 0.3 is 0 Å². The predicted octanol–water partition coefficient (Wildman–Crippen LogP) is 3.58. The standard InChI is InChI=1S/C17H23N3/c1-13-5-7-14(8-6-13)9-10-20-15(12-18)11-16(19-20)17(2,3)4/h5-11H,12,18H2,1-4H3/b10-9+. The quantitative estimate of drug-likeness (QED) is 0.925. The van der Waals surface area contributed by atoms with Gasteiger partial charge in [0, 0.05) is 18.2 Å². The van der Waals surface area contributed by atoms with E-state index in [-0.39, 0.29) is 5.41 Å². The average Bonchev–Trinajstić information content (AvgIpc) is 2.81. The van der Waals surface area contributed by atoms with Gasteiger partial charge in [0.25, 0.3) is 0 Å². The Labute approximate surface area is 121 Å². The van der Waals surface area contributed by atoms with Gasteiger partial charge in [0.1, 0.15) is 0 Å². The van der Waals surface area contributed by atoms with Crippen molar-refractivity contribution in [1.29, 1.82) is 0 Å². The number of nitrogens with zero attached hydrogens (tertiary/aromatic N) is 2. The molecular formula is C17H23N3. The van der Waals surface area contributed by atoms with E-state index in [0.29, 0.717) is 6.54 Å². The van der Waals surface area contributed by atoms with E-state index in [1.165, 1.54) is 5.56 Å². The maximum absolute atomic E-state index is 5.80. The molecule has 3 heteroatoms. The van der Waals surface area contributed by atoms with Crippen LogP contribution in [0.3, 0.4) is 0 Å². The first-order valence-electron chi connectivity index (χ1n) is 6.94. The summed E-state index contributed by atoms with van der Waals surface area (Å²) in [6, 6.07) is 10.5. The van der Waals surface area contributed by atoms with Crippen LogP contribution in [-0.2, 0) is 12.0 Å². The third kappa shape index (κ3) is 3.36. The molecule has 0 radical (unpaired) electrons. The minimum atomic E-state index is 0.0346. The van der Waals surface area contributed by atoms with Crippen LogP contribution in [0.1, 0.15) is 43.3 Å². The van der Waals surface area contributed by atoms with Gasteiger partial charge in [0.2, 0.25) is 0 Å². The highest BCUT2D eigenvalue weighted by molar-refractivity contribution is 5.60. The summed E-state index contributed by atoms with van der Waals surface area (Å²) in [5.74, 6) is 0. The van der Waals surface area contributed by atoms with E-state index in [1.807, 2.05) is 10.9 Å². The molecule has 20 heavy (non-hydrogen) atoms. The van der Waals surface area contributed by atoms with Gasteiger partial charge in [-0.1, -0.05) is 50.6 Å². The summed E-state index contributed by atoms with van der Waals surface area (Å²) >= 11 is 0. The van der Waals surface area contributed by atoms with Crippen molar-refractivity contribution < 1.29 is 0 Å². The first-order chi connectivity index (χ1) is 9.40. The molecule has 0 aliphatic rings. The van der Waals surface area contributed by atoms with E-state index >= 15 is 0 Å². The zero-order chi connectivity index (χ0) is 14.8. The van der Waals surface area contributed by atoms with Gasteiger partial charge in [0.15, 0.2) is 0 Å². The van der Waals surface area contributed by atoms with Crippen molar-refractivity contribution in [2.75, 3.05) is 0 Å². The van der Waals surface area contributed by atoms with Crippen molar-refractivity contribution in [3.05, 3.63) is 52.8 Å². The van der Waals surface area contributed by atoms with Crippen LogP contribution >= 0.6 is 0 Å². The Morgan fingerprint density at radius 2 is 1.85 bits per heavy atom. The fourth-order valence-electron chi connectivity index (χ4n) is 1.92. The fourth-order valence-corrected chi connectivity index (χ4v) is 1.92. The van der Waals surface area contributed by atoms with Gasteiger partial charge in [-0.05, 0) is 24.6 Å². The minimum absolute atomic E-state index is 0.0346. The first-order valence-corrected chi connectivity index (χ1v) is 6.94. The molecule has 0 saturated heterocycles. The third-order valence-corrected chi connectivity index (χ3v) is 3.28. The van der Waals surface area contributed by atoms with E-state index in [4.69, 9.17) is 5.73 Å². The molecule has 2 aromatic rings. The Bertz CT molecular complexity index is 598. The van der Waals surface area contributed by atoms with Gasteiger partial charge < -0.3 is 5.73 Å². The van der Waals surface area contributed by atoms with E-state index in [0.717, 1.165) is 17.0 Å². The molecule has 106 valence electrons. The van der Waals surface area contributed by atoms with Crippen molar-refractivity contribution in [2.24, 2.45) is 5.73 Å². The molecule has 1 aromatic heterocycles. The van der Waals surface area contributed by atoms with Crippen LogP contribution in [0.2, 0.25) is 0 Å². The monoisotopic (exact) mass is 269 g/mol. The highest BCUT2D eigenvalue weighted by Crippen LogP contribution is 2.22. The second kappa shape index (κ2) is 5.63. The van der Waals surface area contributed by atoms with Crippen molar-refractivity contribution in [3.63, 3.8) is 0 Å². The van der Waals surface area contributed by atoms with Crippen LogP contribution in [0.5, 0.6) is 0 Å². The summed E-state index contributed by atoms with van der Waals surface area (Å²) < 4.78 is 1.88. The second-order valence-electron chi connectivity index (χ2n) is 6.15. The smallest absolute Gasteiger partial charge is 0.0685 e. The van der Waals surface area contributed by atoms with Crippen LogP contribution in [-0.4, -0.2) is 9.78 Å². The molecule has 1 heterocycles. The lowest BCUT2D eigenvalue weighted by atomic mass is 9.92. The number of aromatic nitrogens is 2. The van der Waals surface area contributed by atoms with Gasteiger partial charge in [-0.3, -0.25) is 0 Å². The van der Waals surface area contributed by atoms with Crippen LogP contribution in [0, 0.1) is 6.92 Å². The lowest BCUT2D eigenvalue weighted by molar-refractivity contribution is 0.562. The molecule has 3 nitrogen and oxygen atoms in total. The molecule has 0 unspecified atom stereocenters. The van der Waals surface area contributed by atoms with E-state index in [9.17, 15) is 0 Å². The average molecular weight is 269 g/mol. The summed E-state index contributed by atoms with van der Waals surface area (Å²) in [5.41, 5.74) is 10.3. The number of benzene rings is 1. The zero-order valence-electron chi connectivity index (χ0n) is 12.7. The van der Waals surface area contributed by atoms with E-state index in [1.54, 1.807) is 0 Å². The minimum Gasteiger partial charge on any atom is -0.325 e. The largest absolute Gasteiger partial charge is 0.325 e. The summed E-state index contributed by atoms with van der Waals surface area (Å²) in [6.07, 6.45) is 4.03. The predicted molar refractivity (Wildman–Crippen MR) is 85.2 cm³/mol. The maximum Gasteiger partial charge on any atom is 0.0685 e. The third-order valence-electron chi connectivity index (χ3n) is 3.28. The van der Waals surface area contributed by atoms with Crippen molar-refractivity contribution >= 4 is 12.3 Å². The summed E-state index contributed by atoms with van der Waals surface area (Å²) in [6.45, 7) is 9.04. The molecule has 0 fully saturated rings. The topological polar surface area (TPSA) is 43.8 Å². The molecule has 1 aromatic carbocycles. The number of hydrogen-bond acceptors (Lipinski definition) is 2. The lowest BCUT2D eigenvalue weighted by Gasteiger charge is -2.13. The molecule has 0 bridgehead atoms. The molecule has 2 N–H and O–H groups in total. The highest BCUT2D eigenvalue weighted by Gasteiger charge is 2.18. The maximum atomic E-state index is 5.80. The van der Waals surface area contributed by atoms with Crippen molar-refractivity contribution in [1.82, 2.24) is 9.78 Å². The Balaban J connectivity index is 2.28. The van der Waals surface area contributed by atoms with Gasteiger partial charge in [-0.15, -0.1) is 0 Å². The lowest BCUT2D eigenvalue weighted by Crippen LogP contribution is -2.12. The first kappa shape index (κ1) is 14.5. The Kier molecular flexibility index (Phi) is 4.09. The molecule has 2 rings (SSSR count). The molecular weight excluding hydrogens is 246 g/mol. The molecule has 0 aliphatic heterocycles. The SMILES string of the molecule is Cc1ccc(/C=C/n2nc(C(C)(C)C)cc2CN)cc1. The fraction of sp³-hybridized carbons (Fsp3) is 0.353. The summed E-state index contributed by atoms with van der Waals surface area (Å²) in [4.78, 5) is 0. The molecule has 0 spiro atoms. The van der Waals surface area contributed by atoms with E-state index in [2.05, 4.69) is 69.2 Å². The van der Waals surface area contributed by atoms with E-state index < -0.39 is 0 Å². The van der Waals surface area contributed by atoms with Crippen LogP contribution in [0.15, 0.2) is 30.3 Å². The summed E-state index contributed by atoms with van der Waals surface area (Å²) in [5, 5.41) is 4.63. The Morgan fingerprint density at radius 3 is 2.40 bits per heavy atom. The number of rotatable bonds is 3. The van der Waals surface area contributed by atoms with Crippen LogP contribution in [0.4, 0.5) is 0 Å². The second-order valence-corrected chi connectivity index (χ2v) is 6.15.